The molecule has 0 spiro atoms. The maximum absolute atomic E-state index is 12.4. The zero-order chi connectivity index (χ0) is 13.7. The Morgan fingerprint density at radius 3 is 2.25 bits per heavy atom. The third-order valence-corrected chi connectivity index (χ3v) is 6.12. The molecule has 4 aliphatic rings. The molecule has 0 radical (unpaired) electrons. The third kappa shape index (κ3) is 1.84. The van der Waals surface area contributed by atoms with E-state index in [1.54, 1.807) is 13.1 Å². The molecule has 1 atom stereocenters. The first-order valence-electron chi connectivity index (χ1n) is 8.07. The number of rotatable bonds is 3. The van der Waals surface area contributed by atoms with E-state index in [-0.39, 0.29) is 11.3 Å². The lowest BCUT2D eigenvalue weighted by Gasteiger charge is -2.59. The van der Waals surface area contributed by atoms with Crippen molar-refractivity contribution in [3.8, 4) is 0 Å². The molecule has 4 bridgehead atoms. The summed E-state index contributed by atoms with van der Waals surface area (Å²) in [5.41, 5.74) is 1.41. The summed E-state index contributed by atoms with van der Waals surface area (Å²) in [7, 11) is 0. The maximum Gasteiger partial charge on any atom is 0.137 e. The van der Waals surface area contributed by atoms with E-state index in [0.717, 1.165) is 23.3 Å². The van der Waals surface area contributed by atoms with Crippen molar-refractivity contribution in [2.45, 2.75) is 51.4 Å². The molecule has 5 rings (SSSR count). The van der Waals surface area contributed by atoms with Gasteiger partial charge in [0.25, 0.3) is 0 Å². The highest BCUT2D eigenvalue weighted by molar-refractivity contribution is 5.84. The Bertz CT molecular complexity index is 486. The normalized spacial score (nSPS) is 39.8. The molecule has 106 valence electrons. The van der Waals surface area contributed by atoms with Crippen LogP contribution in [0.15, 0.2) is 24.5 Å². The Morgan fingerprint density at radius 2 is 1.80 bits per heavy atom. The molecule has 0 amide bonds. The number of carbonyl (C=O) groups is 1. The number of Topliss-reactive ketones (excluding diaryl/α,β-unsaturated/α-hetero) is 1. The topological polar surface area (TPSA) is 30.0 Å². The quantitative estimate of drug-likeness (QED) is 0.831. The van der Waals surface area contributed by atoms with E-state index in [0.29, 0.717) is 5.78 Å². The fourth-order valence-corrected chi connectivity index (χ4v) is 6.10. The molecule has 0 saturated heterocycles. The largest absolute Gasteiger partial charge is 0.299 e. The molecule has 0 aliphatic heterocycles. The van der Waals surface area contributed by atoms with E-state index in [1.165, 1.54) is 38.5 Å². The summed E-state index contributed by atoms with van der Waals surface area (Å²) in [6.45, 7) is 1.79. The fraction of sp³-hybridized carbons (Fsp3) is 0.667. The minimum atomic E-state index is 0.0876. The first-order valence-corrected chi connectivity index (χ1v) is 8.07. The SMILES string of the molecule is CC(=O)C(c1cccnc1)C12CC3CC(CC(C3)C1)C2. The van der Waals surface area contributed by atoms with E-state index in [1.807, 2.05) is 12.3 Å². The van der Waals surface area contributed by atoms with Crippen LogP contribution < -0.4 is 0 Å². The lowest BCUT2D eigenvalue weighted by atomic mass is 9.45. The van der Waals surface area contributed by atoms with Crippen LogP contribution in [0.1, 0.15) is 56.9 Å². The van der Waals surface area contributed by atoms with Gasteiger partial charge in [-0.2, -0.15) is 0 Å². The highest BCUT2D eigenvalue weighted by atomic mass is 16.1. The average molecular weight is 269 g/mol. The van der Waals surface area contributed by atoms with Gasteiger partial charge in [0.2, 0.25) is 0 Å². The van der Waals surface area contributed by atoms with Crippen molar-refractivity contribution in [1.29, 1.82) is 0 Å². The van der Waals surface area contributed by atoms with Crippen LogP contribution in [0.2, 0.25) is 0 Å². The second kappa shape index (κ2) is 4.41. The Kier molecular flexibility index (Phi) is 2.77. The zero-order valence-electron chi connectivity index (χ0n) is 12.2. The van der Waals surface area contributed by atoms with Crippen LogP contribution in [0.25, 0.3) is 0 Å². The summed E-state index contributed by atoms with van der Waals surface area (Å²) in [6.07, 6.45) is 11.8. The van der Waals surface area contributed by atoms with Crippen LogP contribution in [-0.4, -0.2) is 10.8 Å². The molecule has 2 heteroatoms. The number of nitrogens with zero attached hydrogens (tertiary/aromatic N) is 1. The Balaban J connectivity index is 1.75. The fourth-order valence-electron chi connectivity index (χ4n) is 6.10. The summed E-state index contributed by atoms with van der Waals surface area (Å²) < 4.78 is 0. The van der Waals surface area contributed by atoms with Gasteiger partial charge in [-0.25, -0.2) is 0 Å². The molecule has 1 aromatic rings. The molecule has 1 heterocycles. The summed E-state index contributed by atoms with van der Waals surface area (Å²) in [5, 5.41) is 0. The van der Waals surface area contributed by atoms with Crippen molar-refractivity contribution >= 4 is 5.78 Å². The standard InChI is InChI=1S/C18H23NO/c1-12(20)17(16-3-2-4-19-11-16)18-8-13-5-14(9-18)7-15(6-13)10-18/h2-4,11,13-15,17H,5-10H2,1H3. The molecule has 20 heavy (non-hydrogen) atoms. The third-order valence-electron chi connectivity index (χ3n) is 6.12. The van der Waals surface area contributed by atoms with Crippen LogP contribution in [0.5, 0.6) is 0 Å². The van der Waals surface area contributed by atoms with Crippen molar-refractivity contribution in [2.24, 2.45) is 23.2 Å². The lowest BCUT2D eigenvalue weighted by Crippen LogP contribution is -2.50. The van der Waals surface area contributed by atoms with Crippen molar-refractivity contribution in [1.82, 2.24) is 4.98 Å². The predicted molar refractivity (Wildman–Crippen MR) is 78.3 cm³/mol. The predicted octanol–water partition coefficient (Wildman–Crippen LogP) is 3.97. The number of hydrogen-bond donors (Lipinski definition) is 0. The Morgan fingerprint density at radius 1 is 1.20 bits per heavy atom. The van der Waals surface area contributed by atoms with Gasteiger partial charge in [-0.05, 0) is 80.2 Å². The second-order valence-electron chi connectivity index (χ2n) is 7.61. The highest BCUT2D eigenvalue weighted by Gasteiger charge is 2.55. The van der Waals surface area contributed by atoms with Crippen LogP contribution in [0, 0.1) is 23.2 Å². The summed E-state index contributed by atoms with van der Waals surface area (Å²) >= 11 is 0. The molecular formula is C18H23NO. The molecule has 1 unspecified atom stereocenters. The number of ketones is 1. The molecule has 1 aromatic heterocycles. The first kappa shape index (κ1) is 12.6. The zero-order valence-corrected chi connectivity index (χ0v) is 12.2. The van der Waals surface area contributed by atoms with Gasteiger partial charge in [0, 0.05) is 18.3 Å². The van der Waals surface area contributed by atoms with Gasteiger partial charge >= 0.3 is 0 Å². The van der Waals surface area contributed by atoms with Crippen LogP contribution in [0.4, 0.5) is 0 Å². The Hall–Kier alpha value is -1.18. The minimum Gasteiger partial charge on any atom is -0.299 e. The van der Waals surface area contributed by atoms with Gasteiger partial charge in [-0.3, -0.25) is 9.78 Å². The van der Waals surface area contributed by atoms with Crippen LogP contribution >= 0.6 is 0 Å². The molecule has 2 nitrogen and oxygen atoms in total. The highest BCUT2D eigenvalue weighted by Crippen LogP contribution is 2.64. The van der Waals surface area contributed by atoms with Crippen LogP contribution in [0.3, 0.4) is 0 Å². The maximum atomic E-state index is 12.4. The summed E-state index contributed by atoms with van der Waals surface area (Å²) in [4.78, 5) is 16.7. The first-order chi connectivity index (χ1) is 9.66. The smallest absolute Gasteiger partial charge is 0.137 e. The van der Waals surface area contributed by atoms with E-state index in [4.69, 9.17) is 0 Å². The monoisotopic (exact) mass is 269 g/mol. The lowest BCUT2D eigenvalue weighted by molar-refractivity contribution is -0.129. The average Bonchev–Trinajstić information content (AvgIpc) is 2.37. The molecule has 4 aliphatic carbocycles. The van der Waals surface area contributed by atoms with E-state index < -0.39 is 0 Å². The van der Waals surface area contributed by atoms with Crippen molar-refractivity contribution in [3.05, 3.63) is 30.1 Å². The molecular weight excluding hydrogens is 246 g/mol. The second-order valence-corrected chi connectivity index (χ2v) is 7.61. The van der Waals surface area contributed by atoms with Gasteiger partial charge < -0.3 is 0 Å². The van der Waals surface area contributed by atoms with Gasteiger partial charge in [0.05, 0.1) is 0 Å². The Labute approximate surface area is 121 Å². The van der Waals surface area contributed by atoms with E-state index in [9.17, 15) is 4.79 Å². The van der Waals surface area contributed by atoms with Crippen molar-refractivity contribution in [3.63, 3.8) is 0 Å². The van der Waals surface area contributed by atoms with Gasteiger partial charge in [0.15, 0.2) is 0 Å². The number of carbonyl (C=O) groups excluding carboxylic acids is 1. The summed E-state index contributed by atoms with van der Waals surface area (Å²) in [6, 6.07) is 4.09. The number of hydrogen-bond acceptors (Lipinski definition) is 2. The number of pyridine rings is 1. The molecule has 4 saturated carbocycles. The minimum absolute atomic E-state index is 0.0876. The molecule has 4 fully saturated rings. The van der Waals surface area contributed by atoms with Crippen LogP contribution in [-0.2, 0) is 4.79 Å². The van der Waals surface area contributed by atoms with Gasteiger partial charge in [-0.1, -0.05) is 6.07 Å². The molecule has 0 N–H and O–H groups in total. The van der Waals surface area contributed by atoms with Gasteiger partial charge in [-0.15, -0.1) is 0 Å². The summed E-state index contributed by atoms with van der Waals surface area (Å²) in [5.74, 6) is 3.10. The van der Waals surface area contributed by atoms with Crippen molar-refractivity contribution < 1.29 is 4.79 Å². The van der Waals surface area contributed by atoms with E-state index >= 15 is 0 Å². The van der Waals surface area contributed by atoms with Crippen molar-refractivity contribution in [2.75, 3.05) is 0 Å². The van der Waals surface area contributed by atoms with E-state index in [2.05, 4.69) is 11.1 Å². The number of aromatic nitrogens is 1. The van der Waals surface area contributed by atoms with Gasteiger partial charge in [0.1, 0.15) is 5.78 Å². The molecule has 0 aromatic carbocycles.